The average molecular weight is 250 g/mol. The Bertz CT molecular complexity index is 392. The van der Waals surface area contributed by atoms with Crippen molar-refractivity contribution < 1.29 is 4.79 Å². The number of nitrogens with zero attached hydrogens (tertiary/aromatic N) is 2. The Hall–Kier alpha value is -1.78. The normalized spacial score (nSPS) is 10.3. The number of pyridine rings is 1. The maximum absolute atomic E-state index is 11.7. The molecule has 0 unspecified atom stereocenters. The number of anilines is 2. The molecule has 1 heterocycles. The Balaban J connectivity index is 2.53. The van der Waals surface area contributed by atoms with E-state index in [4.69, 9.17) is 0 Å². The fraction of sp³-hybridized carbons (Fsp3) is 0.538. The summed E-state index contributed by atoms with van der Waals surface area (Å²) in [4.78, 5) is 17.9. The van der Waals surface area contributed by atoms with E-state index in [1.165, 1.54) is 0 Å². The summed E-state index contributed by atoms with van der Waals surface area (Å²) in [5.74, 6) is 2.05. The van der Waals surface area contributed by atoms with Crippen LogP contribution in [0.1, 0.15) is 13.8 Å². The molecule has 0 aliphatic rings. The molecule has 0 saturated heterocycles. The lowest BCUT2D eigenvalue weighted by Gasteiger charge is -2.18. The van der Waals surface area contributed by atoms with Gasteiger partial charge in [0.2, 0.25) is 5.91 Å². The summed E-state index contributed by atoms with van der Waals surface area (Å²) in [6.45, 7) is 5.16. The van der Waals surface area contributed by atoms with Crippen LogP contribution in [0.15, 0.2) is 18.2 Å². The van der Waals surface area contributed by atoms with Crippen LogP contribution in [0.3, 0.4) is 0 Å². The average Bonchev–Trinajstić information content (AvgIpc) is 2.36. The number of likely N-dealkylation sites (N-methyl/N-ethyl adjacent to an activating group) is 1. The van der Waals surface area contributed by atoms with E-state index >= 15 is 0 Å². The smallest absolute Gasteiger partial charge is 0.239 e. The van der Waals surface area contributed by atoms with E-state index in [1.807, 2.05) is 37.2 Å². The first-order valence-corrected chi connectivity index (χ1v) is 6.15. The van der Waals surface area contributed by atoms with E-state index < -0.39 is 0 Å². The molecule has 1 amide bonds. The van der Waals surface area contributed by atoms with Gasteiger partial charge in [0.25, 0.3) is 0 Å². The zero-order valence-electron chi connectivity index (χ0n) is 11.5. The van der Waals surface area contributed by atoms with E-state index in [0.29, 0.717) is 19.0 Å². The Morgan fingerprint density at radius 2 is 2.17 bits per heavy atom. The van der Waals surface area contributed by atoms with Gasteiger partial charge in [0.05, 0.1) is 6.54 Å². The van der Waals surface area contributed by atoms with Crippen molar-refractivity contribution in [2.24, 2.45) is 5.92 Å². The number of hydrogen-bond acceptors (Lipinski definition) is 4. The number of nitrogens with one attached hydrogen (secondary N) is 2. The topological polar surface area (TPSA) is 57.3 Å². The SMILES string of the molecule is CNc1cccc(N(C)CC(=O)NCC(C)C)n1. The largest absolute Gasteiger partial charge is 0.373 e. The van der Waals surface area contributed by atoms with Crippen LogP contribution in [0.5, 0.6) is 0 Å². The lowest BCUT2D eigenvalue weighted by atomic mass is 10.2. The van der Waals surface area contributed by atoms with E-state index in [2.05, 4.69) is 29.5 Å². The van der Waals surface area contributed by atoms with Gasteiger partial charge in [0.1, 0.15) is 11.6 Å². The summed E-state index contributed by atoms with van der Waals surface area (Å²) in [6.07, 6.45) is 0. The summed E-state index contributed by atoms with van der Waals surface area (Å²) in [6, 6.07) is 5.68. The van der Waals surface area contributed by atoms with Crippen molar-refractivity contribution in [1.82, 2.24) is 10.3 Å². The minimum absolute atomic E-state index is 0.0165. The molecule has 0 atom stereocenters. The molecule has 0 fully saturated rings. The van der Waals surface area contributed by atoms with Crippen LogP contribution in [-0.2, 0) is 4.79 Å². The third-order valence-corrected chi connectivity index (χ3v) is 2.47. The number of aromatic nitrogens is 1. The van der Waals surface area contributed by atoms with Crippen molar-refractivity contribution in [2.75, 3.05) is 37.4 Å². The maximum Gasteiger partial charge on any atom is 0.239 e. The molecule has 18 heavy (non-hydrogen) atoms. The molecular weight excluding hydrogens is 228 g/mol. The molecule has 0 aliphatic carbocycles. The van der Waals surface area contributed by atoms with Gasteiger partial charge in [-0.1, -0.05) is 19.9 Å². The maximum atomic E-state index is 11.7. The molecular formula is C13H22N4O. The van der Waals surface area contributed by atoms with Gasteiger partial charge in [0.15, 0.2) is 0 Å². The van der Waals surface area contributed by atoms with Gasteiger partial charge in [-0.2, -0.15) is 0 Å². The second-order valence-corrected chi connectivity index (χ2v) is 4.69. The Morgan fingerprint density at radius 3 is 2.78 bits per heavy atom. The summed E-state index contributed by atoms with van der Waals surface area (Å²) in [7, 11) is 3.68. The highest BCUT2D eigenvalue weighted by molar-refractivity contribution is 5.80. The molecule has 0 saturated carbocycles. The van der Waals surface area contributed by atoms with Crippen molar-refractivity contribution in [3.8, 4) is 0 Å². The number of carbonyl (C=O) groups excluding carboxylic acids is 1. The highest BCUT2D eigenvalue weighted by atomic mass is 16.2. The fourth-order valence-corrected chi connectivity index (χ4v) is 1.45. The van der Waals surface area contributed by atoms with Crippen LogP contribution < -0.4 is 15.5 Å². The van der Waals surface area contributed by atoms with E-state index in [-0.39, 0.29) is 5.91 Å². The van der Waals surface area contributed by atoms with Gasteiger partial charge in [-0.05, 0) is 18.1 Å². The first-order valence-electron chi connectivity index (χ1n) is 6.15. The molecule has 5 nitrogen and oxygen atoms in total. The Kier molecular flexibility index (Phi) is 5.42. The third kappa shape index (κ3) is 4.61. The standard InChI is InChI=1S/C13H22N4O/c1-10(2)8-15-13(18)9-17(4)12-7-5-6-11(14-3)16-12/h5-7,10H,8-9H2,1-4H3,(H,14,16)(H,15,18). The van der Waals surface area contributed by atoms with Gasteiger partial charge >= 0.3 is 0 Å². The van der Waals surface area contributed by atoms with Crippen molar-refractivity contribution in [1.29, 1.82) is 0 Å². The Labute approximate surface area is 109 Å². The van der Waals surface area contributed by atoms with Crippen LogP contribution >= 0.6 is 0 Å². The van der Waals surface area contributed by atoms with Crippen LogP contribution in [0, 0.1) is 5.92 Å². The van der Waals surface area contributed by atoms with Crippen molar-refractivity contribution in [2.45, 2.75) is 13.8 Å². The predicted octanol–water partition coefficient (Wildman–Crippen LogP) is 1.33. The predicted molar refractivity (Wildman–Crippen MR) is 74.9 cm³/mol. The molecule has 1 rings (SSSR count). The van der Waals surface area contributed by atoms with Crippen LogP contribution in [0.2, 0.25) is 0 Å². The van der Waals surface area contributed by atoms with Gasteiger partial charge < -0.3 is 15.5 Å². The zero-order valence-corrected chi connectivity index (χ0v) is 11.5. The molecule has 1 aromatic rings. The summed E-state index contributed by atoms with van der Waals surface area (Å²) in [5.41, 5.74) is 0. The van der Waals surface area contributed by atoms with Crippen LogP contribution in [0.25, 0.3) is 0 Å². The van der Waals surface area contributed by atoms with Crippen molar-refractivity contribution >= 4 is 17.5 Å². The second-order valence-electron chi connectivity index (χ2n) is 4.69. The molecule has 0 spiro atoms. The highest BCUT2D eigenvalue weighted by Crippen LogP contribution is 2.11. The number of rotatable bonds is 6. The Morgan fingerprint density at radius 1 is 1.44 bits per heavy atom. The van der Waals surface area contributed by atoms with Gasteiger partial charge in [-0.3, -0.25) is 4.79 Å². The van der Waals surface area contributed by atoms with E-state index in [1.54, 1.807) is 0 Å². The quantitative estimate of drug-likeness (QED) is 0.800. The molecule has 5 heteroatoms. The molecule has 100 valence electrons. The molecule has 2 N–H and O–H groups in total. The minimum Gasteiger partial charge on any atom is -0.373 e. The first-order chi connectivity index (χ1) is 8.52. The molecule has 0 radical (unpaired) electrons. The van der Waals surface area contributed by atoms with Crippen molar-refractivity contribution in [3.05, 3.63) is 18.2 Å². The van der Waals surface area contributed by atoms with Gasteiger partial charge in [-0.15, -0.1) is 0 Å². The van der Waals surface area contributed by atoms with Crippen LogP contribution in [-0.4, -0.2) is 38.1 Å². The number of amides is 1. The summed E-state index contributed by atoms with van der Waals surface area (Å²) < 4.78 is 0. The zero-order chi connectivity index (χ0) is 13.5. The lowest BCUT2D eigenvalue weighted by molar-refractivity contribution is -0.119. The lowest BCUT2D eigenvalue weighted by Crippen LogP contribution is -2.37. The van der Waals surface area contributed by atoms with E-state index in [9.17, 15) is 4.79 Å². The highest BCUT2D eigenvalue weighted by Gasteiger charge is 2.08. The van der Waals surface area contributed by atoms with Gasteiger partial charge in [0, 0.05) is 20.6 Å². The molecule has 0 aromatic carbocycles. The fourth-order valence-electron chi connectivity index (χ4n) is 1.45. The monoisotopic (exact) mass is 250 g/mol. The number of carbonyl (C=O) groups is 1. The first kappa shape index (κ1) is 14.3. The molecule has 0 bridgehead atoms. The van der Waals surface area contributed by atoms with Crippen LogP contribution in [0.4, 0.5) is 11.6 Å². The molecule has 0 aliphatic heterocycles. The molecule has 1 aromatic heterocycles. The summed E-state index contributed by atoms with van der Waals surface area (Å²) in [5, 5.41) is 5.86. The minimum atomic E-state index is 0.0165. The third-order valence-electron chi connectivity index (χ3n) is 2.47. The van der Waals surface area contributed by atoms with E-state index in [0.717, 1.165) is 11.6 Å². The van der Waals surface area contributed by atoms with Gasteiger partial charge in [-0.25, -0.2) is 4.98 Å². The second kappa shape index (κ2) is 6.83. The number of hydrogen-bond donors (Lipinski definition) is 2. The van der Waals surface area contributed by atoms with Crippen molar-refractivity contribution in [3.63, 3.8) is 0 Å². The summed E-state index contributed by atoms with van der Waals surface area (Å²) >= 11 is 0.